The number of carbonyl (C=O) groups excluding carboxylic acids is 7. The van der Waals surface area contributed by atoms with E-state index in [4.69, 9.17) is 5.11 Å². The number of hydrogen-bond acceptors (Lipinski definition) is 13. The van der Waals surface area contributed by atoms with E-state index in [1.165, 1.54) is 14.0 Å². The molecule has 56 heavy (non-hydrogen) atoms. The number of likely N-dealkylation sites (tertiary alicyclic amines) is 1. The summed E-state index contributed by atoms with van der Waals surface area (Å²) in [5.74, 6) is -11.6. The second kappa shape index (κ2) is 22.6. The predicted molar refractivity (Wildman–Crippen MR) is 190 cm³/mol. The van der Waals surface area contributed by atoms with Crippen LogP contribution in [0.4, 0.5) is 0 Å². The molecule has 1 aliphatic rings. The third kappa shape index (κ3) is 17.2. The first-order chi connectivity index (χ1) is 26.0. The van der Waals surface area contributed by atoms with E-state index in [9.17, 15) is 68.1 Å². The van der Waals surface area contributed by atoms with Gasteiger partial charge in [0.1, 0.15) is 24.2 Å². The molecule has 0 radical (unpaired) electrons. The molecule has 1 saturated heterocycles. The van der Waals surface area contributed by atoms with Gasteiger partial charge >= 0.3 is 23.9 Å². The van der Waals surface area contributed by atoms with E-state index in [1.54, 1.807) is 20.8 Å². The number of imide groups is 1. The monoisotopic (exact) mass is 800 g/mol. The van der Waals surface area contributed by atoms with Crippen molar-refractivity contribution in [2.45, 2.75) is 121 Å². The summed E-state index contributed by atoms with van der Waals surface area (Å²) in [5, 5.41) is 54.0. The Morgan fingerprint density at radius 3 is 1.45 bits per heavy atom. The van der Waals surface area contributed by atoms with Gasteiger partial charge < -0.3 is 57.6 Å². The zero-order valence-electron chi connectivity index (χ0n) is 31.8. The Balaban J connectivity index is 3.33. The standard InChI is InChI=1S/C33H52N8O15/c1-16(41-22(42)9-10-23(41)43)27(50)35-14-20(38-30(53)19(8-13-26(48)49)40-33(2,3)4)31(54)37-18(7-12-25(46)47)28(51)36-15-21(32(55)56)39-29(52)17(34-5)6-11-24(44)45/h16-21,34,40H,6-15H2,1-5H3,(H,35,50)(H,36,51)(H,37,54)(H,38,53)(H,39,52)(H,44,45)(H,46,47)(H,48,49)(H,55,56)/t16-,17-,18-,19-,20-,21-/m0/s1. The highest BCUT2D eigenvalue weighted by molar-refractivity contribution is 6.05. The maximum atomic E-state index is 13.7. The second-order valence-electron chi connectivity index (χ2n) is 13.9. The second-order valence-corrected chi connectivity index (χ2v) is 13.9. The van der Waals surface area contributed by atoms with Gasteiger partial charge in [0.15, 0.2) is 0 Å². The van der Waals surface area contributed by atoms with Gasteiger partial charge in [-0.3, -0.25) is 52.8 Å². The van der Waals surface area contributed by atoms with Crippen molar-refractivity contribution in [3.05, 3.63) is 0 Å². The largest absolute Gasteiger partial charge is 0.481 e. The molecule has 1 rings (SSSR count). The molecule has 0 aromatic heterocycles. The topological polar surface area (TPSA) is 356 Å². The van der Waals surface area contributed by atoms with Gasteiger partial charge in [-0.2, -0.15) is 0 Å². The van der Waals surface area contributed by atoms with Crippen LogP contribution in [0.5, 0.6) is 0 Å². The Bertz CT molecular complexity index is 1500. The number of aliphatic carboxylic acids is 4. The fraction of sp³-hybridized carbons (Fsp3) is 0.667. The third-order valence-electron chi connectivity index (χ3n) is 8.23. The third-order valence-corrected chi connectivity index (χ3v) is 8.23. The van der Waals surface area contributed by atoms with E-state index < -0.39 is 146 Å². The first-order valence-corrected chi connectivity index (χ1v) is 17.6. The Labute approximate surface area is 321 Å². The van der Waals surface area contributed by atoms with Gasteiger partial charge in [0.2, 0.25) is 41.4 Å². The highest BCUT2D eigenvalue weighted by Gasteiger charge is 2.37. The summed E-state index contributed by atoms with van der Waals surface area (Å²) in [7, 11) is 1.34. The predicted octanol–water partition coefficient (Wildman–Crippen LogP) is -3.77. The highest BCUT2D eigenvalue weighted by atomic mass is 16.4. The van der Waals surface area contributed by atoms with Crippen LogP contribution in [0.25, 0.3) is 0 Å². The molecule has 0 aliphatic carbocycles. The lowest BCUT2D eigenvalue weighted by molar-refractivity contribution is -0.146. The molecule has 23 heteroatoms. The van der Waals surface area contributed by atoms with Crippen molar-refractivity contribution >= 4 is 65.2 Å². The summed E-state index contributed by atoms with van der Waals surface area (Å²) in [6, 6.07) is -8.82. The normalized spacial score (nSPS) is 16.0. The van der Waals surface area contributed by atoms with Gasteiger partial charge in [0, 0.05) is 50.7 Å². The molecule has 11 N–H and O–H groups in total. The minimum Gasteiger partial charge on any atom is -0.481 e. The summed E-state index contributed by atoms with van der Waals surface area (Å²) in [4.78, 5) is 137. The molecule has 1 heterocycles. The summed E-state index contributed by atoms with van der Waals surface area (Å²) in [6.45, 7) is 4.84. The average Bonchev–Trinajstić information content (AvgIpc) is 3.43. The first kappa shape index (κ1) is 48.3. The van der Waals surface area contributed by atoms with Crippen LogP contribution >= 0.6 is 0 Å². The van der Waals surface area contributed by atoms with E-state index in [2.05, 4.69) is 37.2 Å². The molecular formula is C33H52N8O15. The maximum absolute atomic E-state index is 13.7. The van der Waals surface area contributed by atoms with Crippen molar-refractivity contribution in [1.82, 2.24) is 42.1 Å². The SMILES string of the molecule is CN[C@@H](CCC(=O)O)C(=O)N[C@@H](CNC(=O)[C@H](CCC(=O)O)NC(=O)[C@H](CNC(=O)[C@H](C)N1C(=O)CCC1=O)NC(=O)[C@H](CCC(=O)O)NC(C)(C)C)C(=O)O. The molecule has 23 nitrogen and oxygen atoms in total. The van der Waals surface area contributed by atoms with Crippen LogP contribution in [-0.2, 0) is 52.7 Å². The Morgan fingerprint density at radius 2 is 0.982 bits per heavy atom. The number of likely N-dealkylation sites (N-methyl/N-ethyl adjacent to an activating group) is 1. The van der Waals surface area contributed by atoms with Crippen LogP contribution < -0.4 is 37.2 Å². The zero-order valence-corrected chi connectivity index (χ0v) is 31.8. The number of carboxylic acid groups (broad SMARTS) is 4. The van der Waals surface area contributed by atoms with Crippen LogP contribution in [0.1, 0.15) is 79.1 Å². The smallest absolute Gasteiger partial charge is 0.328 e. The van der Waals surface area contributed by atoms with E-state index in [-0.39, 0.29) is 25.7 Å². The van der Waals surface area contributed by atoms with Crippen LogP contribution in [0.15, 0.2) is 0 Å². The summed E-state index contributed by atoms with van der Waals surface area (Å²) < 4.78 is 0. The Morgan fingerprint density at radius 1 is 0.589 bits per heavy atom. The van der Waals surface area contributed by atoms with Crippen LogP contribution in [-0.4, -0.2) is 152 Å². The number of hydrogen-bond donors (Lipinski definition) is 11. The molecule has 0 bridgehead atoms. The molecule has 7 amide bonds. The number of nitrogens with one attached hydrogen (secondary N) is 7. The maximum Gasteiger partial charge on any atom is 0.328 e. The molecular weight excluding hydrogens is 748 g/mol. The summed E-state index contributed by atoms with van der Waals surface area (Å²) in [6.07, 6.45) is -2.80. The number of amides is 7. The molecule has 0 spiro atoms. The van der Waals surface area contributed by atoms with Gasteiger partial charge in [-0.15, -0.1) is 0 Å². The van der Waals surface area contributed by atoms with Crippen LogP contribution in [0.2, 0.25) is 0 Å². The molecule has 0 aromatic carbocycles. The van der Waals surface area contributed by atoms with Crippen molar-refractivity contribution in [3.63, 3.8) is 0 Å². The van der Waals surface area contributed by atoms with Gasteiger partial charge in [-0.1, -0.05) is 0 Å². The van der Waals surface area contributed by atoms with Gasteiger partial charge in [-0.05, 0) is 54.0 Å². The molecule has 1 fully saturated rings. The van der Waals surface area contributed by atoms with Gasteiger partial charge in [0.05, 0.1) is 12.1 Å². The van der Waals surface area contributed by atoms with Crippen molar-refractivity contribution in [3.8, 4) is 0 Å². The van der Waals surface area contributed by atoms with Gasteiger partial charge in [0.25, 0.3) is 0 Å². The summed E-state index contributed by atoms with van der Waals surface area (Å²) >= 11 is 0. The lowest BCUT2D eigenvalue weighted by Gasteiger charge is -2.30. The van der Waals surface area contributed by atoms with E-state index in [0.29, 0.717) is 0 Å². The summed E-state index contributed by atoms with van der Waals surface area (Å²) in [5.41, 5.74) is -0.740. The van der Waals surface area contributed by atoms with Crippen molar-refractivity contribution < 1.29 is 73.2 Å². The molecule has 0 aromatic rings. The van der Waals surface area contributed by atoms with Crippen LogP contribution in [0, 0.1) is 0 Å². The zero-order chi connectivity index (χ0) is 42.9. The number of carbonyl (C=O) groups is 11. The molecule has 314 valence electrons. The molecule has 6 atom stereocenters. The first-order valence-electron chi connectivity index (χ1n) is 17.6. The van der Waals surface area contributed by atoms with E-state index in [1.807, 2.05) is 0 Å². The Kier molecular flexibility index (Phi) is 19.5. The fourth-order valence-electron chi connectivity index (χ4n) is 5.32. The minimum atomic E-state index is -1.76. The Hall–Kier alpha value is -5.71. The number of carboxylic acids is 4. The minimum absolute atomic E-state index is 0.112. The lowest BCUT2D eigenvalue weighted by Crippen LogP contribution is -2.61. The average molecular weight is 801 g/mol. The quantitative estimate of drug-likeness (QED) is 0.0395. The molecule has 1 aliphatic heterocycles. The van der Waals surface area contributed by atoms with Crippen molar-refractivity contribution in [2.24, 2.45) is 0 Å². The van der Waals surface area contributed by atoms with Crippen molar-refractivity contribution in [1.29, 1.82) is 0 Å². The van der Waals surface area contributed by atoms with E-state index >= 15 is 0 Å². The lowest BCUT2D eigenvalue weighted by atomic mass is 10.0. The van der Waals surface area contributed by atoms with Gasteiger partial charge in [-0.25, -0.2) is 4.79 Å². The number of rotatable bonds is 25. The fourth-order valence-corrected chi connectivity index (χ4v) is 5.32. The van der Waals surface area contributed by atoms with Crippen LogP contribution in [0.3, 0.4) is 0 Å². The molecule has 0 unspecified atom stereocenters. The number of nitrogens with zero attached hydrogens (tertiary/aromatic N) is 1. The molecule has 0 saturated carbocycles. The van der Waals surface area contributed by atoms with E-state index in [0.717, 1.165) is 4.90 Å². The highest BCUT2D eigenvalue weighted by Crippen LogP contribution is 2.15. The van der Waals surface area contributed by atoms with Crippen molar-refractivity contribution in [2.75, 3.05) is 20.1 Å².